The van der Waals surface area contributed by atoms with E-state index in [4.69, 9.17) is 18.9 Å². The maximum atomic E-state index is 12.6. The first-order chi connectivity index (χ1) is 25.1. The van der Waals surface area contributed by atoms with Crippen molar-refractivity contribution < 1.29 is 58.3 Å². The van der Waals surface area contributed by atoms with Crippen molar-refractivity contribution in [3.63, 3.8) is 0 Å². The van der Waals surface area contributed by atoms with E-state index < -0.39 is 46.7 Å². The molecule has 17 nitrogen and oxygen atoms in total. The van der Waals surface area contributed by atoms with Crippen LogP contribution in [0.15, 0.2) is 54.6 Å². The number of nitrogens with zero attached hydrogens (tertiary/aromatic N) is 2. The van der Waals surface area contributed by atoms with Crippen LogP contribution >= 0.6 is 0 Å². The first-order valence-electron chi connectivity index (χ1n) is 17.6. The lowest BCUT2D eigenvalue weighted by Crippen LogP contribution is -2.26. The van der Waals surface area contributed by atoms with Crippen molar-refractivity contribution in [2.24, 2.45) is 11.8 Å². The number of allylic oxidation sites excluding steroid dienone is 2. The lowest BCUT2D eigenvalue weighted by Gasteiger charge is -2.23. The van der Waals surface area contributed by atoms with Crippen LogP contribution in [0.1, 0.15) is 76.7 Å². The van der Waals surface area contributed by atoms with E-state index in [1.807, 2.05) is 49.4 Å². The van der Waals surface area contributed by atoms with E-state index in [2.05, 4.69) is 15.0 Å². The van der Waals surface area contributed by atoms with Gasteiger partial charge in [0.05, 0.1) is 32.5 Å². The first kappa shape index (κ1) is 43.2. The predicted octanol–water partition coefficient (Wildman–Crippen LogP) is 5.45. The van der Waals surface area contributed by atoms with E-state index in [0.29, 0.717) is 70.8 Å². The Morgan fingerprint density at radius 2 is 1.56 bits per heavy atom. The van der Waals surface area contributed by atoms with Gasteiger partial charge >= 0.3 is 12.3 Å². The summed E-state index contributed by atoms with van der Waals surface area (Å²) in [5.74, 6) is -0.869. The van der Waals surface area contributed by atoms with Crippen molar-refractivity contribution in [3.8, 4) is 0 Å². The molecule has 0 saturated heterocycles. The van der Waals surface area contributed by atoms with Crippen LogP contribution in [0.4, 0.5) is 9.59 Å². The minimum atomic E-state index is -0.948. The highest BCUT2D eigenvalue weighted by Crippen LogP contribution is 2.38. The minimum Gasteiger partial charge on any atom is -0.434 e. The molecule has 0 aromatic heterocycles. The van der Waals surface area contributed by atoms with Gasteiger partial charge in [-0.2, -0.15) is 0 Å². The predicted molar refractivity (Wildman–Crippen MR) is 185 cm³/mol. The fourth-order valence-corrected chi connectivity index (χ4v) is 5.56. The second-order valence-corrected chi connectivity index (χ2v) is 12.0. The number of ether oxygens (including phenoxy) is 4. The third-order valence-corrected chi connectivity index (χ3v) is 8.13. The second kappa shape index (κ2) is 25.9. The molecule has 1 aliphatic rings. The molecule has 1 saturated carbocycles. The van der Waals surface area contributed by atoms with Gasteiger partial charge in [-0.15, -0.1) is 20.2 Å². The van der Waals surface area contributed by atoms with E-state index in [0.717, 1.165) is 5.56 Å². The molecule has 0 bridgehead atoms. The van der Waals surface area contributed by atoms with Crippen molar-refractivity contribution in [1.82, 2.24) is 5.32 Å². The average Bonchev–Trinajstić information content (AvgIpc) is 3.39. The van der Waals surface area contributed by atoms with E-state index in [1.54, 1.807) is 12.2 Å². The SMILES string of the molecule is CCNC(=O)CCCC=CC[C@H]1C(O)CC(OC(=O)OCCCCO[N+](=O)[O-])[C@@H]1C=C[C@H](CCc1ccccc1)OC(=O)OCCCCO[N+](=O)[O-]. The zero-order valence-corrected chi connectivity index (χ0v) is 29.5. The Morgan fingerprint density at radius 3 is 2.19 bits per heavy atom. The van der Waals surface area contributed by atoms with Gasteiger partial charge in [0.1, 0.15) is 12.2 Å². The molecule has 1 aliphatic carbocycles. The fourth-order valence-electron chi connectivity index (χ4n) is 5.56. The summed E-state index contributed by atoms with van der Waals surface area (Å²) in [6, 6.07) is 9.59. The molecule has 0 radical (unpaired) electrons. The van der Waals surface area contributed by atoms with Crippen molar-refractivity contribution in [3.05, 3.63) is 80.4 Å². The number of hydrogen-bond donors (Lipinski definition) is 2. The second-order valence-electron chi connectivity index (χ2n) is 12.0. The quantitative estimate of drug-likeness (QED) is 0.0397. The maximum Gasteiger partial charge on any atom is 0.508 e. The van der Waals surface area contributed by atoms with Gasteiger partial charge in [-0.05, 0) is 82.3 Å². The molecule has 17 heteroatoms. The average molecular weight is 738 g/mol. The molecule has 52 heavy (non-hydrogen) atoms. The Hall–Kier alpha value is -4.93. The van der Waals surface area contributed by atoms with Crippen LogP contribution in [0.5, 0.6) is 0 Å². The molecule has 2 N–H and O–H groups in total. The number of hydrogen-bond acceptors (Lipinski definition) is 14. The Morgan fingerprint density at radius 1 is 0.923 bits per heavy atom. The molecular formula is C35H51N3O14. The van der Waals surface area contributed by atoms with Gasteiger partial charge < -0.3 is 39.0 Å². The summed E-state index contributed by atoms with van der Waals surface area (Å²) in [4.78, 5) is 66.1. The molecule has 1 aromatic rings. The van der Waals surface area contributed by atoms with Crippen LogP contribution < -0.4 is 5.32 Å². The molecule has 1 fully saturated rings. The summed E-state index contributed by atoms with van der Waals surface area (Å²) in [6.45, 7) is 2.11. The molecule has 0 spiro atoms. The van der Waals surface area contributed by atoms with E-state index in [1.165, 1.54) is 0 Å². The van der Waals surface area contributed by atoms with Crippen molar-refractivity contribution in [2.45, 2.75) is 95.9 Å². The number of aliphatic hydroxyl groups is 1. The number of carbonyl (C=O) groups excluding carboxylic acids is 3. The Labute approximate surface area is 302 Å². The number of benzene rings is 1. The first-order valence-corrected chi connectivity index (χ1v) is 17.6. The number of amides is 1. The van der Waals surface area contributed by atoms with Gasteiger partial charge in [-0.25, -0.2) is 9.59 Å². The molecular weight excluding hydrogens is 686 g/mol. The smallest absolute Gasteiger partial charge is 0.434 e. The minimum absolute atomic E-state index is 0.0145. The van der Waals surface area contributed by atoms with Crippen molar-refractivity contribution in [1.29, 1.82) is 0 Å². The molecule has 1 aromatic carbocycles. The number of unbranched alkanes of at least 4 members (excludes halogenated alkanes) is 3. The van der Waals surface area contributed by atoms with Crippen LogP contribution in [0.3, 0.4) is 0 Å². The summed E-state index contributed by atoms with van der Waals surface area (Å²) in [5, 5.41) is 32.7. The van der Waals surface area contributed by atoms with Crippen LogP contribution in [0, 0.1) is 32.1 Å². The molecule has 2 rings (SSSR count). The maximum absolute atomic E-state index is 12.6. The zero-order chi connectivity index (χ0) is 38.0. The van der Waals surface area contributed by atoms with Gasteiger partial charge in [-0.3, -0.25) is 4.79 Å². The molecule has 0 heterocycles. The van der Waals surface area contributed by atoms with Crippen LogP contribution in [0.2, 0.25) is 0 Å². The molecule has 1 amide bonds. The number of carbonyl (C=O) groups is 3. The van der Waals surface area contributed by atoms with Gasteiger partial charge in [0.25, 0.3) is 10.2 Å². The van der Waals surface area contributed by atoms with Gasteiger partial charge in [-0.1, -0.05) is 48.6 Å². The van der Waals surface area contributed by atoms with Crippen LogP contribution in [-0.2, 0) is 39.8 Å². The summed E-state index contributed by atoms with van der Waals surface area (Å²) in [5.41, 5.74) is 1.02. The van der Waals surface area contributed by atoms with Crippen LogP contribution in [-0.4, -0.2) is 84.8 Å². The molecule has 0 aliphatic heterocycles. The summed E-state index contributed by atoms with van der Waals surface area (Å²) in [7, 11) is 0. The highest BCUT2D eigenvalue weighted by molar-refractivity contribution is 5.75. The third kappa shape index (κ3) is 19.5. The number of aryl methyl sites for hydroxylation is 1. The summed E-state index contributed by atoms with van der Waals surface area (Å²) < 4.78 is 21.6. The van der Waals surface area contributed by atoms with Crippen molar-refractivity contribution >= 4 is 18.2 Å². The number of rotatable bonds is 26. The number of nitrogens with one attached hydrogen (secondary N) is 1. The van der Waals surface area contributed by atoms with Gasteiger partial charge in [0.2, 0.25) is 5.91 Å². The highest BCUT2D eigenvalue weighted by atomic mass is 17.0. The fraction of sp³-hybridized carbons (Fsp3) is 0.629. The highest BCUT2D eigenvalue weighted by Gasteiger charge is 2.43. The molecule has 290 valence electrons. The standard InChI is InChI=1S/C35H51N3O14/c1-2-36-33(40)17-9-4-3-8-16-29-30(32(26-31(29)39)52-35(42)48-23-11-13-25-50-38(45)46)21-20-28(19-18-27-14-6-5-7-15-27)51-34(41)47-22-10-12-24-49-37(43)44/h3,5-8,14-15,20-21,28-32,39H,2,4,9-13,16-19,22-26H2,1H3,(H,36,40)/t28-,29+,30+,31?,32?/m0/s1. The third-order valence-electron chi connectivity index (χ3n) is 8.13. The van der Waals surface area contributed by atoms with E-state index in [-0.39, 0.29) is 44.7 Å². The Balaban J connectivity index is 2.12. The van der Waals surface area contributed by atoms with Gasteiger partial charge in [0.15, 0.2) is 0 Å². The normalized spacial score (nSPS) is 18.8. The number of aliphatic hydroxyl groups excluding tert-OH is 1. The van der Waals surface area contributed by atoms with Crippen LogP contribution in [0.25, 0.3) is 0 Å². The topological polar surface area (TPSA) is 225 Å². The van der Waals surface area contributed by atoms with Gasteiger partial charge in [0, 0.05) is 25.3 Å². The summed E-state index contributed by atoms with van der Waals surface area (Å²) >= 11 is 0. The van der Waals surface area contributed by atoms with Crippen molar-refractivity contribution in [2.75, 3.05) is 33.0 Å². The zero-order valence-electron chi connectivity index (χ0n) is 29.5. The largest absolute Gasteiger partial charge is 0.508 e. The lowest BCUT2D eigenvalue weighted by molar-refractivity contribution is -0.757. The molecule has 2 unspecified atom stereocenters. The summed E-state index contributed by atoms with van der Waals surface area (Å²) in [6.07, 6.45) is 7.64. The van der Waals surface area contributed by atoms with E-state index >= 15 is 0 Å². The Bertz CT molecular complexity index is 1280. The monoisotopic (exact) mass is 737 g/mol. The van der Waals surface area contributed by atoms with E-state index in [9.17, 15) is 39.7 Å². The lowest BCUT2D eigenvalue weighted by atomic mass is 9.89. The Kier molecular flexibility index (Phi) is 21.6. The molecule has 5 atom stereocenters.